The van der Waals surface area contributed by atoms with Crippen LogP contribution in [0.5, 0.6) is 0 Å². The molecule has 1 aromatic carbocycles. The minimum absolute atomic E-state index is 0.638. The van der Waals surface area contributed by atoms with E-state index in [1.807, 2.05) is 0 Å². The van der Waals surface area contributed by atoms with Gasteiger partial charge in [-0.2, -0.15) is 0 Å². The number of rotatable bonds is 6. The van der Waals surface area contributed by atoms with Gasteiger partial charge in [-0.25, -0.2) is 0 Å². The van der Waals surface area contributed by atoms with Crippen molar-refractivity contribution in [2.24, 2.45) is 5.92 Å². The van der Waals surface area contributed by atoms with Crippen molar-refractivity contribution in [2.45, 2.75) is 39.0 Å². The molecule has 0 saturated heterocycles. The summed E-state index contributed by atoms with van der Waals surface area (Å²) in [6.45, 7) is 4.62. The van der Waals surface area contributed by atoms with Gasteiger partial charge in [-0.1, -0.05) is 70.7 Å². The van der Waals surface area contributed by atoms with Gasteiger partial charge in [0.05, 0.1) is 0 Å². The summed E-state index contributed by atoms with van der Waals surface area (Å²) in [5.74, 6) is 1.45. The van der Waals surface area contributed by atoms with Crippen LogP contribution in [0.2, 0.25) is 0 Å². The average Bonchev–Trinajstić information content (AvgIpc) is 2.26. The summed E-state index contributed by atoms with van der Waals surface area (Å²) in [7, 11) is 0. The molecule has 0 N–H and O–H groups in total. The Bertz CT molecular complexity index is 309. The summed E-state index contributed by atoms with van der Waals surface area (Å²) in [5.41, 5.74) is 1.44. The molecule has 0 bridgehead atoms. The van der Waals surface area contributed by atoms with Gasteiger partial charge in [0.1, 0.15) is 0 Å². The first-order valence-corrected chi connectivity index (χ1v) is 7.90. The van der Waals surface area contributed by atoms with Gasteiger partial charge in [0, 0.05) is 9.80 Å². The Kier molecular flexibility index (Phi) is 6.67. The Balaban J connectivity index is 2.67. The zero-order valence-corrected chi connectivity index (χ0v) is 13.2. The molecule has 1 aromatic rings. The highest BCUT2D eigenvalue weighted by Crippen LogP contribution is 2.29. The van der Waals surface area contributed by atoms with E-state index in [4.69, 9.17) is 0 Å². The van der Waals surface area contributed by atoms with E-state index in [9.17, 15) is 0 Å². The third-order valence-electron chi connectivity index (χ3n) is 2.97. The second kappa shape index (κ2) is 7.50. The van der Waals surface area contributed by atoms with Crippen molar-refractivity contribution in [3.05, 3.63) is 34.3 Å². The molecule has 90 valence electrons. The predicted molar refractivity (Wildman–Crippen MR) is 79.4 cm³/mol. The maximum Gasteiger partial charge on any atom is 0.0178 e. The largest absolute Gasteiger partial charge is 0.0921 e. The molecule has 1 rings (SSSR count). The van der Waals surface area contributed by atoms with E-state index in [1.54, 1.807) is 0 Å². The van der Waals surface area contributed by atoms with Crippen LogP contribution in [0, 0.1) is 5.92 Å². The molecular formula is C14H20Br2. The zero-order chi connectivity index (χ0) is 12.0. The molecule has 2 atom stereocenters. The molecule has 16 heavy (non-hydrogen) atoms. The first kappa shape index (κ1) is 14.2. The second-order valence-electron chi connectivity index (χ2n) is 4.54. The van der Waals surface area contributed by atoms with Crippen LogP contribution in [0.4, 0.5) is 0 Å². The van der Waals surface area contributed by atoms with E-state index in [-0.39, 0.29) is 0 Å². The number of hydrogen-bond donors (Lipinski definition) is 0. The summed E-state index contributed by atoms with van der Waals surface area (Å²) in [6, 6.07) is 8.68. The predicted octanol–water partition coefficient (Wildman–Crippen LogP) is 5.75. The molecular weight excluding hydrogens is 328 g/mol. The topological polar surface area (TPSA) is 0 Å². The quantitative estimate of drug-likeness (QED) is 0.574. The minimum Gasteiger partial charge on any atom is -0.0921 e. The van der Waals surface area contributed by atoms with Gasteiger partial charge in [-0.15, -0.1) is 0 Å². The van der Waals surface area contributed by atoms with Gasteiger partial charge in [0.25, 0.3) is 0 Å². The fourth-order valence-electron chi connectivity index (χ4n) is 2.15. The fraction of sp³-hybridized carbons (Fsp3) is 0.571. The van der Waals surface area contributed by atoms with E-state index < -0.39 is 0 Å². The van der Waals surface area contributed by atoms with Crippen LogP contribution in [0.3, 0.4) is 0 Å². The first-order chi connectivity index (χ1) is 7.67. The number of benzene rings is 1. The summed E-state index contributed by atoms with van der Waals surface area (Å²) in [4.78, 5) is 0. The van der Waals surface area contributed by atoms with Gasteiger partial charge in [0.2, 0.25) is 0 Å². The van der Waals surface area contributed by atoms with Crippen molar-refractivity contribution in [2.75, 3.05) is 5.33 Å². The highest BCUT2D eigenvalue weighted by molar-refractivity contribution is 9.10. The van der Waals surface area contributed by atoms with Crippen molar-refractivity contribution in [3.63, 3.8) is 0 Å². The second-order valence-corrected chi connectivity index (χ2v) is 6.10. The molecule has 0 aromatic heterocycles. The van der Waals surface area contributed by atoms with Crippen molar-refractivity contribution in [1.82, 2.24) is 0 Å². The molecule has 2 unspecified atom stereocenters. The molecule has 0 aliphatic heterocycles. The first-order valence-electron chi connectivity index (χ1n) is 5.98. The maximum absolute atomic E-state index is 3.64. The molecule has 0 amide bonds. The van der Waals surface area contributed by atoms with Crippen LogP contribution in [-0.2, 0) is 0 Å². The van der Waals surface area contributed by atoms with Gasteiger partial charge in [-0.3, -0.25) is 0 Å². The Labute approximate surface area is 116 Å². The highest BCUT2D eigenvalue weighted by atomic mass is 79.9. The van der Waals surface area contributed by atoms with Gasteiger partial charge in [0.15, 0.2) is 0 Å². The third-order valence-corrected chi connectivity index (χ3v) is 4.25. The van der Waals surface area contributed by atoms with E-state index in [1.165, 1.54) is 29.3 Å². The lowest BCUT2D eigenvalue weighted by atomic mass is 9.89. The minimum atomic E-state index is 0.638. The van der Waals surface area contributed by atoms with E-state index in [0.717, 1.165) is 11.2 Å². The van der Waals surface area contributed by atoms with E-state index in [2.05, 4.69) is 70.0 Å². The van der Waals surface area contributed by atoms with Crippen molar-refractivity contribution < 1.29 is 0 Å². The van der Waals surface area contributed by atoms with Crippen LogP contribution in [0.25, 0.3) is 0 Å². The molecule has 0 aliphatic carbocycles. The summed E-state index contributed by atoms with van der Waals surface area (Å²) in [6.07, 6.45) is 3.89. The maximum atomic E-state index is 3.64. The smallest absolute Gasteiger partial charge is 0.0178 e. The van der Waals surface area contributed by atoms with Crippen LogP contribution in [0.1, 0.15) is 44.6 Å². The zero-order valence-electron chi connectivity index (χ0n) is 10.0. The number of hydrogen-bond acceptors (Lipinski definition) is 0. The Morgan fingerprint density at radius 3 is 2.62 bits per heavy atom. The van der Waals surface area contributed by atoms with Crippen molar-refractivity contribution in [3.8, 4) is 0 Å². The SMILES string of the molecule is CCCC(C)CC(CBr)c1cccc(Br)c1. The highest BCUT2D eigenvalue weighted by Gasteiger charge is 2.14. The number of halogens is 2. The summed E-state index contributed by atoms with van der Waals surface area (Å²) >= 11 is 7.18. The van der Waals surface area contributed by atoms with Crippen molar-refractivity contribution >= 4 is 31.9 Å². The molecule has 0 fully saturated rings. The Hall–Kier alpha value is 0.180. The summed E-state index contributed by atoms with van der Waals surface area (Å²) in [5, 5.41) is 1.05. The van der Waals surface area contributed by atoms with Gasteiger partial charge in [-0.05, 0) is 36.0 Å². The number of alkyl halides is 1. The van der Waals surface area contributed by atoms with Crippen molar-refractivity contribution in [1.29, 1.82) is 0 Å². The molecule has 0 saturated carbocycles. The monoisotopic (exact) mass is 346 g/mol. The van der Waals surface area contributed by atoms with Crippen LogP contribution in [-0.4, -0.2) is 5.33 Å². The lowest BCUT2D eigenvalue weighted by Gasteiger charge is -2.19. The van der Waals surface area contributed by atoms with Crippen LogP contribution < -0.4 is 0 Å². The molecule has 0 spiro atoms. The van der Waals surface area contributed by atoms with E-state index in [0.29, 0.717) is 5.92 Å². The standard InChI is InChI=1S/C14H20Br2/c1-3-5-11(2)8-13(10-15)12-6-4-7-14(16)9-12/h4,6-7,9,11,13H,3,5,8,10H2,1-2H3. The van der Waals surface area contributed by atoms with Gasteiger partial charge >= 0.3 is 0 Å². The fourth-order valence-corrected chi connectivity index (χ4v) is 3.20. The van der Waals surface area contributed by atoms with Crippen LogP contribution >= 0.6 is 31.9 Å². The Morgan fingerprint density at radius 2 is 2.06 bits per heavy atom. The molecule has 0 nitrogen and oxygen atoms in total. The van der Waals surface area contributed by atoms with Gasteiger partial charge < -0.3 is 0 Å². The molecule has 0 heterocycles. The molecule has 2 heteroatoms. The average molecular weight is 348 g/mol. The van der Waals surface area contributed by atoms with Crippen LogP contribution in [0.15, 0.2) is 28.7 Å². The molecule has 0 radical (unpaired) electrons. The van der Waals surface area contributed by atoms with E-state index >= 15 is 0 Å². The lowest BCUT2D eigenvalue weighted by molar-refractivity contribution is 0.452. The molecule has 0 aliphatic rings. The Morgan fingerprint density at radius 1 is 1.31 bits per heavy atom. The normalized spacial score (nSPS) is 14.8. The third kappa shape index (κ3) is 4.58. The summed E-state index contributed by atoms with van der Waals surface area (Å²) < 4.78 is 1.18. The lowest BCUT2D eigenvalue weighted by Crippen LogP contribution is -2.06.